The van der Waals surface area contributed by atoms with E-state index in [1.54, 1.807) is 12.1 Å². The monoisotopic (exact) mass is 1170 g/mol. The number of nitrogens with one attached hydrogen (secondary N) is 9. The molecule has 3 rings (SSSR count). The minimum absolute atomic E-state index is 0.000473. The Morgan fingerprint density at radius 1 is 0.456 bits per heavy atom. The molecule has 3 aromatic carbocycles. The quantitative estimate of drug-likeness (QED) is 0.0166. The minimum atomic E-state index is -2.26. The zero-order valence-electron chi connectivity index (χ0n) is 43.3. The van der Waals surface area contributed by atoms with Gasteiger partial charge < -0.3 is 51.0 Å². The number of amides is 5. The Kier molecular flexibility index (Phi) is 32.5. The lowest BCUT2D eigenvalue weighted by Gasteiger charge is -2.36. The van der Waals surface area contributed by atoms with Crippen molar-refractivity contribution in [1.29, 1.82) is 0 Å². The minimum Gasteiger partial charge on any atom is -0.481 e. The van der Waals surface area contributed by atoms with Crippen LogP contribution in [0.3, 0.4) is 0 Å². The summed E-state index contributed by atoms with van der Waals surface area (Å²) in [7, 11) is 0. The molecule has 4 unspecified atom stereocenters. The fourth-order valence-corrected chi connectivity index (χ4v) is 8.13. The number of unbranched alkanes of at least 4 members (excludes halogenated alkanes) is 1. The second kappa shape index (κ2) is 38.3. The van der Waals surface area contributed by atoms with Gasteiger partial charge in [0.2, 0.25) is 17.7 Å². The normalized spacial score (nSPS) is 13.3. The van der Waals surface area contributed by atoms with Crippen LogP contribution in [0.5, 0.6) is 0 Å². The number of anilines is 3. The molecule has 0 spiro atoms. The second-order valence-corrected chi connectivity index (χ2v) is 19.7. The van der Waals surface area contributed by atoms with Gasteiger partial charge in [-0.1, -0.05) is 0 Å². The molecule has 0 aromatic heterocycles. The first-order valence-corrected chi connectivity index (χ1v) is 28.4. The highest BCUT2D eigenvalue weighted by atomic mass is 32.2. The highest BCUT2D eigenvalue weighted by Gasteiger charge is 2.34. The van der Waals surface area contributed by atoms with Gasteiger partial charge >= 0.3 is 5.97 Å². The molecule has 0 saturated carbocycles. The SMILES string of the molecule is O=C(O)CCCC(O)NC(COCCC(=O)NCCCCC(=O)c1ccc(NS(=O)O)cc1)(COCCC(=O)NCCCNC(=O)c1ccc(NS(=O)O)cc1)COCCC(=O)NCCCNC(=O)c1ccc(NS(=O)O)cc1. The molecule has 4 atom stereocenters. The fraction of sp³-hybridized carbons (Fsp3) is 0.490. The maximum absolute atomic E-state index is 12.8. The Morgan fingerprint density at radius 3 is 1.18 bits per heavy atom. The lowest BCUT2D eigenvalue weighted by atomic mass is 10.0. The Balaban J connectivity index is 1.53. The number of rotatable bonds is 43. The maximum atomic E-state index is 12.8. The molecule has 3 aromatic rings. The van der Waals surface area contributed by atoms with Crippen molar-refractivity contribution < 1.29 is 84.3 Å². The van der Waals surface area contributed by atoms with E-state index in [1.165, 1.54) is 60.7 Å². The van der Waals surface area contributed by atoms with Crippen LogP contribution >= 0.6 is 0 Å². The van der Waals surface area contributed by atoms with Gasteiger partial charge in [0, 0.05) is 98.6 Å². The summed E-state index contributed by atoms with van der Waals surface area (Å²) in [5.41, 5.74) is 0.793. The van der Waals surface area contributed by atoms with Gasteiger partial charge in [-0.15, -0.1) is 0 Å². The smallest absolute Gasteiger partial charge is 0.303 e. The number of carbonyl (C=O) groups excluding carboxylic acids is 6. The van der Waals surface area contributed by atoms with Gasteiger partial charge in [0.1, 0.15) is 6.23 Å². The van der Waals surface area contributed by atoms with Crippen LogP contribution in [0.25, 0.3) is 0 Å². The standard InChI is InChI=1S/C49H71N9O18S3/c59-41(35-9-15-38(16-10-35)56-77(68)69)6-1-2-24-50-42(60)21-29-74-32-49(55-45(63)7-3-8-46(64)65,33-75-30-22-43(61)51-25-4-27-53-47(66)36-11-17-39(18-12-36)57-78(70)71)34-76-31-23-44(62)52-26-5-28-54-48(67)37-13-19-40(20-14-37)58-79(72)73/h9-20,45,55-58,63H,1-8,21-34H2,(H,50,60)(H,51,61)(H,52,62)(H,53,66)(H,54,67)(H,64,65)(H,68,69)(H,70,71)(H,72,73). The van der Waals surface area contributed by atoms with Crippen molar-refractivity contribution in [3.05, 3.63) is 89.5 Å². The van der Waals surface area contributed by atoms with Crippen LogP contribution in [0.15, 0.2) is 72.8 Å². The Labute approximate surface area is 464 Å². The highest BCUT2D eigenvalue weighted by Crippen LogP contribution is 2.16. The van der Waals surface area contributed by atoms with E-state index in [4.69, 9.17) is 27.9 Å². The first kappa shape index (κ1) is 67.0. The first-order chi connectivity index (χ1) is 37.8. The van der Waals surface area contributed by atoms with Gasteiger partial charge in [0.05, 0.1) is 45.2 Å². The van der Waals surface area contributed by atoms with Gasteiger partial charge in [0.15, 0.2) is 5.78 Å². The first-order valence-electron chi connectivity index (χ1n) is 25.1. The number of hydrogen-bond donors (Lipinski definition) is 14. The summed E-state index contributed by atoms with van der Waals surface area (Å²) >= 11 is -6.76. The molecule has 14 N–H and O–H groups in total. The molecule has 27 nitrogen and oxygen atoms in total. The number of ketones is 1. The molecule has 5 amide bonds. The largest absolute Gasteiger partial charge is 0.481 e. The molecular weight excluding hydrogens is 1100 g/mol. The van der Waals surface area contributed by atoms with Crippen LogP contribution in [0.2, 0.25) is 0 Å². The summed E-state index contributed by atoms with van der Waals surface area (Å²) in [6, 6.07) is 17.9. The summed E-state index contributed by atoms with van der Waals surface area (Å²) < 4.78 is 84.4. The Hall–Kier alpha value is -6.32. The van der Waals surface area contributed by atoms with Gasteiger partial charge in [-0.05, 0) is 111 Å². The number of Topliss-reactive ketones (excluding diaryl/α,β-unsaturated/α-hetero) is 1. The molecule has 0 aliphatic carbocycles. The van der Waals surface area contributed by atoms with Crippen LogP contribution in [0, 0.1) is 0 Å². The van der Waals surface area contributed by atoms with E-state index in [0.29, 0.717) is 59.4 Å². The van der Waals surface area contributed by atoms with E-state index in [1.807, 2.05) is 0 Å². The van der Waals surface area contributed by atoms with Crippen LogP contribution in [0.1, 0.15) is 102 Å². The number of benzene rings is 3. The molecule has 0 fully saturated rings. The number of carbonyl (C=O) groups is 7. The highest BCUT2D eigenvalue weighted by molar-refractivity contribution is 7.81. The zero-order valence-corrected chi connectivity index (χ0v) is 45.8. The van der Waals surface area contributed by atoms with Crippen molar-refractivity contribution in [3.8, 4) is 0 Å². The van der Waals surface area contributed by atoms with Crippen LogP contribution < -0.4 is 46.1 Å². The molecule has 0 bridgehead atoms. The predicted molar refractivity (Wildman–Crippen MR) is 293 cm³/mol. The van der Waals surface area contributed by atoms with Gasteiger partial charge in [-0.25, -0.2) is 12.6 Å². The molecule has 0 radical (unpaired) electrons. The predicted octanol–water partition coefficient (Wildman–Crippen LogP) is 1.80. The lowest BCUT2D eigenvalue weighted by molar-refractivity contribution is -0.137. The molecule has 0 heterocycles. The molecule has 0 aliphatic heterocycles. The van der Waals surface area contributed by atoms with Crippen molar-refractivity contribution in [2.45, 2.75) is 82.4 Å². The average molecular weight is 1170 g/mol. The van der Waals surface area contributed by atoms with Gasteiger partial charge in [0.25, 0.3) is 45.6 Å². The third-order valence-electron chi connectivity index (χ3n) is 11.1. The Morgan fingerprint density at radius 2 is 0.810 bits per heavy atom. The number of hydrogen-bond acceptors (Lipinski definition) is 15. The fourth-order valence-electron chi connectivity index (χ4n) is 7.11. The average Bonchev–Trinajstić information content (AvgIpc) is 3.39. The van der Waals surface area contributed by atoms with E-state index in [9.17, 15) is 56.4 Å². The van der Waals surface area contributed by atoms with Crippen molar-refractivity contribution in [1.82, 2.24) is 31.9 Å². The van der Waals surface area contributed by atoms with Crippen LogP contribution in [-0.4, -0.2) is 162 Å². The van der Waals surface area contributed by atoms with E-state index in [2.05, 4.69) is 46.1 Å². The number of carboxylic acids is 1. The second-order valence-electron chi connectivity index (χ2n) is 17.6. The number of carboxylic acid groups (broad SMARTS) is 1. The summed E-state index contributed by atoms with van der Waals surface area (Å²) in [4.78, 5) is 87.1. The van der Waals surface area contributed by atoms with Gasteiger partial charge in [-0.3, -0.25) is 66.7 Å². The Bertz CT molecular complexity index is 2220. The summed E-state index contributed by atoms with van der Waals surface area (Å²) in [6.45, 7) is 0.185. The molecule has 438 valence electrons. The molecule has 79 heavy (non-hydrogen) atoms. The number of aliphatic hydroxyl groups excluding tert-OH is 1. The maximum Gasteiger partial charge on any atom is 0.303 e. The number of aliphatic carboxylic acids is 1. The number of aliphatic hydroxyl groups is 1. The van der Waals surface area contributed by atoms with Crippen molar-refractivity contribution >= 4 is 92.2 Å². The molecule has 0 saturated heterocycles. The lowest BCUT2D eigenvalue weighted by Crippen LogP contribution is -2.60. The van der Waals surface area contributed by atoms with E-state index in [-0.39, 0.29) is 153 Å². The topological polar surface area (TPSA) is 408 Å². The third-order valence-corrected chi connectivity index (χ3v) is 12.3. The summed E-state index contributed by atoms with van der Waals surface area (Å²) in [5, 5.41) is 37.0. The summed E-state index contributed by atoms with van der Waals surface area (Å²) in [5.74, 6) is -3.03. The van der Waals surface area contributed by atoms with E-state index >= 15 is 0 Å². The number of ether oxygens (including phenoxy) is 3. The third kappa shape index (κ3) is 30.6. The van der Waals surface area contributed by atoms with E-state index in [0.717, 1.165) is 0 Å². The van der Waals surface area contributed by atoms with Crippen LogP contribution in [-0.2, 0) is 67.2 Å². The molecule has 30 heteroatoms. The van der Waals surface area contributed by atoms with Gasteiger partial charge in [-0.2, -0.15) is 0 Å². The molecular formula is C49H71N9O18S3. The molecule has 0 aliphatic rings. The summed E-state index contributed by atoms with van der Waals surface area (Å²) in [6.07, 6.45) is 0.287. The van der Waals surface area contributed by atoms with E-state index < -0.39 is 51.5 Å². The van der Waals surface area contributed by atoms with Crippen LogP contribution in [0.4, 0.5) is 17.1 Å². The van der Waals surface area contributed by atoms with Crippen molar-refractivity contribution in [2.75, 3.05) is 86.5 Å². The van der Waals surface area contributed by atoms with Crippen molar-refractivity contribution in [2.24, 2.45) is 0 Å². The van der Waals surface area contributed by atoms with Crippen molar-refractivity contribution in [3.63, 3.8) is 0 Å². The zero-order chi connectivity index (χ0) is 57.8.